The zero-order valence-electron chi connectivity index (χ0n) is 8.94. The Morgan fingerprint density at radius 1 is 1.44 bits per heavy atom. The van der Waals surface area contributed by atoms with Crippen LogP contribution in [0.1, 0.15) is 0 Å². The van der Waals surface area contributed by atoms with Crippen molar-refractivity contribution in [2.24, 2.45) is 7.05 Å². The summed E-state index contributed by atoms with van der Waals surface area (Å²) in [5, 5.41) is 4.20. The molecule has 6 heteroatoms. The third-order valence-electron chi connectivity index (χ3n) is 2.20. The third kappa shape index (κ3) is 1.88. The third-order valence-corrected chi connectivity index (χ3v) is 2.69. The number of hydrogen-bond donors (Lipinski definition) is 1. The minimum absolute atomic E-state index is 0.375. The number of nitrogens with two attached hydrogens (primary N) is 1. The van der Waals surface area contributed by atoms with Gasteiger partial charge in [0.1, 0.15) is 5.75 Å². The number of halogens is 1. The minimum atomic E-state index is 0.375. The van der Waals surface area contributed by atoms with Gasteiger partial charge in [0.2, 0.25) is 5.95 Å². The maximum absolute atomic E-state index is 5.64. The smallest absolute Gasteiger partial charge is 0.218 e. The molecule has 0 atom stereocenters. The molecular weight excluding hydrogens is 272 g/mol. The standard InChI is InChI=1S/C10H11BrN4O/c1-15-10(12)13-9(14-15)7-4-3-6(11)5-8(7)16-2/h3-5H,1-2H3,(H2,12,13,14). The number of nitrogen functional groups attached to an aromatic ring is 1. The maximum atomic E-state index is 5.64. The van der Waals surface area contributed by atoms with Crippen molar-refractivity contribution >= 4 is 21.9 Å². The van der Waals surface area contributed by atoms with Crippen LogP contribution >= 0.6 is 15.9 Å². The summed E-state index contributed by atoms with van der Waals surface area (Å²) in [6, 6.07) is 5.66. The zero-order valence-corrected chi connectivity index (χ0v) is 10.5. The molecule has 0 saturated heterocycles. The first-order valence-electron chi connectivity index (χ1n) is 4.62. The molecule has 0 bridgehead atoms. The van der Waals surface area contributed by atoms with Gasteiger partial charge in [-0.05, 0) is 18.2 Å². The first-order chi connectivity index (χ1) is 7.61. The number of methoxy groups -OCH3 is 1. The lowest BCUT2D eigenvalue weighted by atomic mass is 10.2. The van der Waals surface area contributed by atoms with E-state index in [1.807, 2.05) is 18.2 Å². The first-order valence-corrected chi connectivity index (χ1v) is 5.41. The summed E-state index contributed by atoms with van der Waals surface area (Å²) in [7, 11) is 3.36. The van der Waals surface area contributed by atoms with Gasteiger partial charge in [0, 0.05) is 11.5 Å². The van der Waals surface area contributed by atoms with Crippen molar-refractivity contribution in [2.75, 3.05) is 12.8 Å². The van der Waals surface area contributed by atoms with E-state index in [0.717, 1.165) is 10.0 Å². The topological polar surface area (TPSA) is 66.0 Å². The molecule has 16 heavy (non-hydrogen) atoms. The van der Waals surface area contributed by atoms with E-state index in [4.69, 9.17) is 10.5 Å². The summed E-state index contributed by atoms with van der Waals surface area (Å²) in [6.07, 6.45) is 0. The fourth-order valence-electron chi connectivity index (χ4n) is 1.36. The highest BCUT2D eigenvalue weighted by Gasteiger charge is 2.12. The van der Waals surface area contributed by atoms with Crippen LogP contribution in [0.15, 0.2) is 22.7 Å². The molecule has 0 amide bonds. The highest BCUT2D eigenvalue weighted by Crippen LogP contribution is 2.30. The fraction of sp³-hybridized carbons (Fsp3) is 0.200. The minimum Gasteiger partial charge on any atom is -0.496 e. The molecule has 84 valence electrons. The normalized spacial score (nSPS) is 10.4. The molecule has 0 unspecified atom stereocenters. The SMILES string of the molecule is COc1cc(Br)ccc1-c1nc(N)n(C)n1. The molecule has 0 aliphatic rings. The monoisotopic (exact) mass is 282 g/mol. The molecule has 1 aromatic carbocycles. The van der Waals surface area contributed by atoms with Crippen LogP contribution in [0.3, 0.4) is 0 Å². The molecule has 1 heterocycles. The van der Waals surface area contributed by atoms with Crippen LogP contribution in [0.25, 0.3) is 11.4 Å². The Bertz CT molecular complexity index is 504. The Morgan fingerprint density at radius 2 is 2.19 bits per heavy atom. The number of aryl methyl sites for hydroxylation is 1. The van der Waals surface area contributed by atoms with Crippen molar-refractivity contribution < 1.29 is 4.74 Å². The van der Waals surface area contributed by atoms with Crippen molar-refractivity contribution in [3.8, 4) is 17.1 Å². The summed E-state index contributed by atoms with van der Waals surface area (Å²) >= 11 is 3.38. The Labute approximate surface area is 101 Å². The molecular formula is C10H11BrN4O. The van der Waals surface area contributed by atoms with Crippen molar-refractivity contribution in [1.29, 1.82) is 0 Å². The molecule has 0 spiro atoms. The second-order valence-corrected chi connectivity index (χ2v) is 4.18. The van der Waals surface area contributed by atoms with Gasteiger partial charge < -0.3 is 10.5 Å². The zero-order chi connectivity index (χ0) is 11.7. The Morgan fingerprint density at radius 3 is 2.75 bits per heavy atom. The molecule has 0 aliphatic heterocycles. The quantitative estimate of drug-likeness (QED) is 0.913. The highest BCUT2D eigenvalue weighted by molar-refractivity contribution is 9.10. The van der Waals surface area contributed by atoms with Gasteiger partial charge in [-0.25, -0.2) is 4.68 Å². The van der Waals surface area contributed by atoms with Gasteiger partial charge in [-0.3, -0.25) is 0 Å². The van der Waals surface area contributed by atoms with E-state index < -0.39 is 0 Å². The summed E-state index contributed by atoms with van der Waals surface area (Å²) in [4.78, 5) is 4.15. The van der Waals surface area contributed by atoms with Crippen LogP contribution in [-0.2, 0) is 7.05 Å². The fourth-order valence-corrected chi connectivity index (χ4v) is 1.70. The number of anilines is 1. The molecule has 0 saturated carbocycles. The second-order valence-electron chi connectivity index (χ2n) is 3.26. The van der Waals surface area contributed by atoms with Gasteiger partial charge >= 0.3 is 0 Å². The van der Waals surface area contributed by atoms with Gasteiger partial charge in [0.05, 0.1) is 12.7 Å². The predicted molar refractivity (Wildman–Crippen MR) is 65.1 cm³/mol. The van der Waals surface area contributed by atoms with E-state index >= 15 is 0 Å². The molecule has 0 radical (unpaired) electrons. The van der Waals surface area contributed by atoms with Crippen molar-refractivity contribution in [3.63, 3.8) is 0 Å². The van der Waals surface area contributed by atoms with Crippen LogP contribution in [0.4, 0.5) is 5.95 Å². The van der Waals surface area contributed by atoms with Gasteiger partial charge in [0.25, 0.3) is 0 Å². The van der Waals surface area contributed by atoms with Gasteiger partial charge in [-0.1, -0.05) is 15.9 Å². The van der Waals surface area contributed by atoms with Gasteiger partial charge in [0.15, 0.2) is 5.82 Å². The van der Waals surface area contributed by atoms with E-state index in [1.54, 1.807) is 14.2 Å². The summed E-state index contributed by atoms with van der Waals surface area (Å²) in [6.45, 7) is 0. The van der Waals surface area contributed by atoms with Gasteiger partial charge in [-0.15, -0.1) is 5.10 Å². The van der Waals surface area contributed by atoms with E-state index in [9.17, 15) is 0 Å². The van der Waals surface area contributed by atoms with Crippen LogP contribution in [-0.4, -0.2) is 21.9 Å². The van der Waals surface area contributed by atoms with Crippen molar-refractivity contribution in [1.82, 2.24) is 14.8 Å². The van der Waals surface area contributed by atoms with E-state index in [1.165, 1.54) is 4.68 Å². The van der Waals surface area contributed by atoms with E-state index in [2.05, 4.69) is 26.0 Å². The van der Waals surface area contributed by atoms with Crippen molar-refractivity contribution in [2.45, 2.75) is 0 Å². The maximum Gasteiger partial charge on any atom is 0.218 e. The number of aromatic nitrogens is 3. The van der Waals surface area contributed by atoms with E-state index in [-0.39, 0.29) is 0 Å². The van der Waals surface area contributed by atoms with Gasteiger partial charge in [-0.2, -0.15) is 4.98 Å². The number of ether oxygens (including phenoxy) is 1. The number of hydrogen-bond acceptors (Lipinski definition) is 4. The molecule has 2 aromatic rings. The van der Waals surface area contributed by atoms with Crippen molar-refractivity contribution in [3.05, 3.63) is 22.7 Å². The first kappa shape index (κ1) is 10.9. The number of nitrogens with zero attached hydrogens (tertiary/aromatic N) is 3. The second kappa shape index (κ2) is 4.13. The molecule has 0 fully saturated rings. The summed E-state index contributed by atoms with van der Waals surface area (Å²) in [5.41, 5.74) is 6.46. The highest BCUT2D eigenvalue weighted by atomic mass is 79.9. The predicted octanol–water partition coefficient (Wildman–Crippen LogP) is 1.84. The lowest BCUT2D eigenvalue weighted by Crippen LogP contribution is -1.97. The number of rotatable bonds is 2. The van der Waals surface area contributed by atoms with Crippen LogP contribution in [0.2, 0.25) is 0 Å². The van der Waals surface area contributed by atoms with E-state index in [0.29, 0.717) is 17.5 Å². The molecule has 1 aromatic heterocycles. The Hall–Kier alpha value is -1.56. The number of benzene rings is 1. The molecule has 0 aliphatic carbocycles. The average Bonchev–Trinajstić information content (AvgIpc) is 2.59. The molecule has 2 rings (SSSR count). The largest absolute Gasteiger partial charge is 0.496 e. The molecule has 5 nitrogen and oxygen atoms in total. The Kier molecular flexibility index (Phi) is 2.82. The summed E-state index contributed by atoms with van der Waals surface area (Å²) in [5.74, 6) is 1.64. The summed E-state index contributed by atoms with van der Waals surface area (Å²) < 4.78 is 7.74. The Balaban J connectivity index is 2.55. The molecule has 2 N–H and O–H groups in total. The van der Waals surface area contributed by atoms with Crippen LogP contribution < -0.4 is 10.5 Å². The van der Waals surface area contributed by atoms with Crippen LogP contribution in [0.5, 0.6) is 5.75 Å². The lowest BCUT2D eigenvalue weighted by Gasteiger charge is -2.05. The van der Waals surface area contributed by atoms with Crippen LogP contribution in [0, 0.1) is 0 Å². The average molecular weight is 283 g/mol. The lowest BCUT2D eigenvalue weighted by molar-refractivity contribution is 0.416.